The second-order valence-electron chi connectivity index (χ2n) is 5.20. The molecular formula is C13H18Br2N2O2S. The van der Waals surface area contributed by atoms with Gasteiger partial charge in [0.2, 0.25) is 10.0 Å². The zero-order valence-electron chi connectivity index (χ0n) is 11.3. The second-order valence-corrected chi connectivity index (χ2v) is 8.70. The largest absolute Gasteiger partial charge is 0.306 e. The first kappa shape index (κ1) is 16.4. The van der Waals surface area contributed by atoms with E-state index in [-0.39, 0.29) is 4.90 Å². The van der Waals surface area contributed by atoms with Crippen LogP contribution in [0.2, 0.25) is 0 Å². The molecule has 0 spiro atoms. The molecule has 1 fully saturated rings. The molecule has 0 radical (unpaired) electrons. The van der Waals surface area contributed by atoms with Gasteiger partial charge in [-0.15, -0.1) is 0 Å². The highest BCUT2D eigenvalue weighted by atomic mass is 79.9. The van der Waals surface area contributed by atoms with Crippen LogP contribution in [0, 0.1) is 5.92 Å². The van der Waals surface area contributed by atoms with Crippen LogP contribution in [0.15, 0.2) is 32.0 Å². The van der Waals surface area contributed by atoms with E-state index in [0.29, 0.717) is 16.9 Å². The third kappa shape index (κ3) is 4.27. The van der Waals surface area contributed by atoms with Crippen molar-refractivity contribution in [2.24, 2.45) is 5.92 Å². The first-order chi connectivity index (χ1) is 9.38. The number of rotatable bonds is 4. The monoisotopic (exact) mass is 424 g/mol. The van der Waals surface area contributed by atoms with Crippen molar-refractivity contribution in [2.75, 3.05) is 26.7 Å². The zero-order valence-corrected chi connectivity index (χ0v) is 15.3. The minimum absolute atomic E-state index is 0.282. The Morgan fingerprint density at radius 2 is 2.15 bits per heavy atom. The summed E-state index contributed by atoms with van der Waals surface area (Å²) in [5.74, 6) is 0.387. The smallest absolute Gasteiger partial charge is 0.241 e. The van der Waals surface area contributed by atoms with Crippen LogP contribution in [0.25, 0.3) is 0 Å². The van der Waals surface area contributed by atoms with Gasteiger partial charge in [0.05, 0.1) is 4.90 Å². The van der Waals surface area contributed by atoms with Crippen LogP contribution in [-0.2, 0) is 10.0 Å². The zero-order chi connectivity index (χ0) is 14.8. The fraction of sp³-hybridized carbons (Fsp3) is 0.538. The topological polar surface area (TPSA) is 49.4 Å². The van der Waals surface area contributed by atoms with Crippen molar-refractivity contribution in [1.29, 1.82) is 0 Å². The number of piperidine rings is 1. The van der Waals surface area contributed by atoms with E-state index in [4.69, 9.17) is 0 Å². The van der Waals surface area contributed by atoms with Crippen molar-refractivity contribution in [3.63, 3.8) is 0 Å². The van der Waals surface area contributed by atoms with Gasteiger partial charge >= 0.3 is 0 Å². The number of likely N-dealkylation sites (tertiary alicyclic amines) is 1. The van der Waals surface area contributed by atoms with Crippen molar-refractivity contribution in [3.8, 4) is 0 Å². The quantitative estimate of drug-likeness (QED) is 0.806. The van der Waals surface area contributed by atoms with Crippen molar-refractivity contribution in [3.05, 3.63) is 27.1 Å². The minimum atomic E-state index is -3.46. The standard InChI is InChI=1S/C13H18Br2N2O2S/c1-17-6-2-3-10(9-17)8-16-20(18,19)13-5-4-11(14)7-12(13)15/h4-5,7,10,16H,2-3,6,8-9H2,1H3. The van der Waals surface area contributed by atoms with E-state index in [9.17, 15) is 8.42 Å². The molecule has 4 nitrogen and oxygen atoms in total. The van der Waals surface area contributed by atoms with Crippen molar-refractivity contribution in [2.45, 2.75) is 17.7 Å². The van der Waals surface area contributed by atoms with Gasteiger partial charge in [0, 0.05) is 22.0 Å². The van der Waals surface area contributed by atoms with Crippen molar-refractivity contribution < 1.29 is 8.42 Å². The first-order valence-electron chi connectivity index (χ1n) is 6.52. The van der Waals surface area contributed by atoms with Crippen molar-refractivity contribution >= 4 is 41.9 Å². The summed E-state index contributed by atoms with van der Waals surface area (Å²) in [5, 5.41) is 0. The summed E-state index contributed by atoms with van der Waals surface area (Å²) in [7, 11) is -1.39. The molecule has 1 unspecified atom stereocenters. The number of halogens is 2. The van der Waals surface area contributed by atoms with Gasteiger partial charge in [-0.3, -0.25) is 0 Å². The van der Waals surface area contributed by atoms with E-state index >= 15 is 0 Å². The van der Waals surface area contributed by atoms with E-state index in [1.165, 1.54) is 0 Å². The van der Waals surface area contributed by atoms with Gasteiger partial charge in [-0.2, -0.15) is 0 Å². The molecule has 2 rings (SSSR count). The lowest BCUT2D eigenvalue weighted by molar-refractivity contribution is 0.211. The molecule has 0 aromatic heterocycles. The summed E-state index contributed by atoms with van der Waals surface area (Å²) >= 11 is 6.62. The summed E-state index contributed by atoms with van der Waals surface area (Å²) in [4.78, 5) is 2.53. The molecule has 0 amide bonds. The average Bonchev–Trinajstić information content (AvgIpc) is 2.36. The fourth-order valence-corrected chi connectivity index (χ4v) is 5.30. The third-order valence-corrected chi connectivity index (χ3v) is 6.36. The molecular weight excluding hydrogens is 408 g/mol. The van der Waals surface area contributed by atoms with Crippen LogP contribution >= 0.6 is 31.9 Å². The maximum atomic E-state index is 12.3. The molecule has 0 saturated carbocycles. The molecule has 1 heterocycles. The van der Waals surface area contributed by atoms with Gasteiger partial charge in [0.15, 0.2) is 0 Å². The van der Waals surface area contributed by atoms with Gasteiger partial charge in [-0.05, 0) is 66.5 Å². The van der Waals surface area contributed by atoms with E-state index in [2.05, 4.69) is 48.5 Å². The van der Waals surface area contributed by atoms with Crippen molar-refractivity contribution in [1.82, 2.24) is 9.62 Å². The summed E-state index contributed by atoms with van der Waals surface area (Å²) in [6, 6.07) is 5.07. The molecule has 1 aliphatic rings. The molecule has 0 aliphatic carbocycles. The van der Waals surface area contributed by atoms with Crippen LogP contribution in [0.3, 0.4) is 0 Å². The number of nitrogens with zero attached hydrogens (tertiary/aromatic N) is 1. The van der Waals surface area contributed by atoms with Gasteiger partial charge in [0.25, 0.3) is 0 Å². The third-order valence-electron chi connectivity index (χ3n) is 3.47. The Kier molecular flexibility index (Phi) is 5.64. The Morgan fingerprint density at radius 3 is 2.80 bits per heavy atom. The Morgan fingerprint density at radius 1 is 1.40 bits per heavy atom. The number of nitrogens with one attached hydrogen (secondary N) is 1. The molecule has 112 valence electrons. The average molecular weight is 426 g/mol. The molecule has 20 heavy (non-hydrogen) atoms. The van der Waals surface area contributed by atoms with E-state index in [1.807, 2.05) is 0 Å². The number of benzene rings is 1. The highest BCUT2D eigenvalue weighted by Gasteiger charge is 2.22. The number of sulfonamides is 1. The minimum Gasteiger partial charge on any atom is -0.306 e. The number of hydrogen-bond acceptors (Lipinski definition) is 3. The highest BCUT2D eigenvalue weighted by Crippen LogP contribution is 2.25. The van der Waals surface area contributed by atoms with Gasteiger partial charge in [-0.1, -0.05) is 15.9 Å². The molecule has 1 aliphatic heterocycles. The predicted octanol–water partition coefficient (Wildman–Crippen LogP) is 2.83. The summed E-state index contributed by atoms with van der Waals surface area (Å²) in [6.45, 7) is 2.54. The highest BCUT2D eigenvalue weighted by molar-refractivity contribution is 9.11. The normalized spacial score (nSPS) is 21.1. The van der Waals surface area contributed by atoms with Gasteiger partial charge < -0.3 is 4.90 Å². The summed E-state index contributed by atoms with van der Waals surface area (Å²) in [5.41, 5.74) is 0. The molecule has 7 heteroatoms. The molecule has 1 saturated heterocycles. The fourth-order valence-electron chi connectivity index (χ4n) is 2.44. The molecule has 0 bridgehead atoms. The molecule has 1 atom stereocenters. The van der Waals surface area contributed by atoms with Crippen LogP contribution in [0.5, 0.6) is 0 Å². The molecule has 1 aromatic rings. The van der Waals surface area contributed by atoms with E-state index in [0.717, 1.165) is 30.4 Å². The molecule has 1 N–H and O–H groups in total. The lowest BCUT2D eigenvalue weighted by atomic mass is 9.99. The van der Waals surface area contributed by atoms with E-state index in [1.54, 1.807) is 18.2 Å². The van der Waals surface area contributed by atoms with Crippen LogP contribution < -0.4 is 4.72 Å². The van der Waals surface area contributed by atoms with E-state index < -0.39 is 10.0 Å². The maximum absolute atomic E-state index is 12.3. The van der Waals surface area contributed by atoms with Crippen LogP contribution in [0.4, 0.5) is 0 Å². The lowest BCUT2D eigenvalue weighted by Crippen LogP contribution is -2.39. The predicted molar refractivity (Wildman–Crippen MR) is 87.3 cm³/mol. The second kappa shape index (κ2) is 6.87. The SMILES string of the molecule is CN1CCCC(CNS(=O)(=O)c2ccc(Br)cc2Br)C1. The first-order valence-corrected chi connectivity index (χ1v) is 9.58. The Labute approximate surface area is 137 Å². The lowest BCUT2D eigenvalue weighted by Gasteiger charge is -2.29. The number of hydrogen-bond donors (Lipinski definition) is 1. The van der Waals surface area contributed by atoms with Gasteiger partial charge in [0.1, 0.15) is 0 Å². The summed E-state index contributed by atoms with van der Waals surface area (Å²) < 4.78 is 28.8. The maximum Gasteiger partial charge on any atom is 0.241 e. The Hall–Kier alpha value is 0.0500. The van der Waals surface area contributed by atoms with Gasteiger partial charge in [-0.25, -0.2) is 13.1 Å². The Bertz CT molecular complexity index is 578. The summed E-state index contributed by atoms with van der Waals surface area (Å²) in [6.07, 6.45) is 2.21. The molecule has 1 aromatic carbocycles. The van der Waals surface area contributed by atoms with Crippen LogP contribution in [0.1, 0.15) is 12.8 Å². The Balaban J connectivity index is 2.03. The van der Waals surface area contributed by atoms with Crippen LogP contribution in [-0.4, -0.2) is 40.0 Å².